The van der Waals surface area contributed by atoms with Gasteiger partial charge in [-0.1, -0.05) is 42.5 Å². The van der Waals surface area contributed by atoms with E-state index in [1.54, 1.807) is 6.92 Å². The molecule has 2 aliphatic heterocycles. The fourth-order valence-corrected chi connectivity index (χ4v) is 5.37. The number of carbonyl (C=O) groups excluding carboxylic acids is 2. The van der Waals surface area contributed by atoms with Crippen LogP contribution in [0.15, 0.2) is 54.6 Å². The van der Waals surface area contributed by atoms with E-state index >= 15 is 0 Å². The van der Waals surface area contributed by atoms with Gasteiger partial charge in [-0.05, 0) is 55.4 Å². The predicted molar refractivity (Wildman–Crippen MR) is 135 cm³/mol. The number of nitrogens with one attached hydrogen (secondary N) is 1. The molecule has 2 aromatic rings. The lowest BCUT2D eigenvalue weighted by atomic mass is 9.79. The minimum atomic E-state index is -0.835. The van der Waals surface area contributed by atoms with Crippen molar-refractivity contribution in [2.75, 3.05) is 37.6 Å². The zero-order valence-electron chi connectivity index (χ0n) is 20.2. The van der Waals surface area contributed by atoms with Crippen molar-refractivity contribution in [3.63, 3.8) is 0 Å². The molecular formula is C28H37N3O3. The van der Waals surface area contributed by atoms with Crippen LogP contribution in [-0.2, 0) is 22.6 Å². The highest BCUT2D eigenvalue weighted by molar-refractivity contribution is 5.80. The van der Waals surface area contributed by atoms with Gasteiger partial charge in [0.25, 0.3) is 0 Å². The number of Topliss-reactive ketones (excluding diaryl/α,β-unsaturated/α-hetero) is 1. The summed E-state index contributed by atoms with van der Waals surface area (Å²) >= 11 is 0. The number of hydrogen-bond acceptors (Lipinski definition) is 5. The van der Waals surface area contributed by atoms with Gasteiger partial charge in [0.2, 0.25) is 5.91 Å². The molecule has 0 spiro atoms. The van der Waals surface area contributed by atoms with E-state index in [0.717, 1.165) is 43.7 Å². The van der Waals surface area contributed by atoms with Crippen LogP contribution in [0.4, 0.5) is 5.69 Å². The van der Waals surface area contributed by atoms with E-state index < -0.39 is 12.0 Å². The number of ketones is 1. The van der Waals surface area contributed by atoms with Crippen LogP contribution in [0.5, 0.6) is 0 Å². The minimum absolute atomic E-state index is 0.00530. The SMILES string of the molecule is CC(=O)C[C@@H](Cc1cccc(N2CCNCC2)c1)[C@H](O)[C@@H]1CCCN(Cc2ccccc2)C1=O. The van der Waals surface area contributed by atoms with Gasteiger partial charge in [0.15, 0.2) is 0 Å². The van der Waals surface area contributed by atoms with Crippen molar-refractivity contribution < 1.29 is 14.7 Å². The molecule has 2 saturated heterocycles. The Kier molecular flexibility index (Phi) is 8.35. The maximum absolute atomic E-state index is 13.3. The van der Waals surface area contributed by atoms with Crippen molar-refractivity contribution in [3.8, 4) is 0 Å². The van der Waals surface area contributed by atoms with Gasteiger partial charge >= 0.3 is 0 Å². The largest absolute Gasteiger partial charge is 0.392 e. The lowest BCUT2D eigenvalue weighted by molar-refractivity contribution is -0.146. The minimum Gasteiger partial charge on any atom is -0.392 e. The Bertz CT molecular complexity index is 958. The fourth-order valence-electron chi connectivity index (χ4n) is 5.37. The third-order valence-electron chi connectivity index (χ3n) is 7.12. The second kappa shape index (κ2) is 11.6. The van der Waals surface area contributed by atoms with Crippen molar-refractivity contribution in [1.29, 1.82) is 0 Å². The van der Waals surface area contributed by atoms with Gasteiger partial charge in [-0.3, -0.25) is 4.79 Å². The third kappa shape index (κ3) is 6.24. The van der Waals surface area contributed by atoms with Gasteiger partial charge in [-0.15, -0.1) is 0 Å². The smallest absolute Gasteiger partial charge is 0.228 e. The van der Waals surface area contributed by atoms with Gasteiger partial charge in [-0.25, -0.2) is 0 Å². The van der Waals surface area contributed by atoms with Crippen LogP contribution in [0.1, 0.15) is 37.3 Å². The van der Waals surface area contributed by atoms with Gasteiger partial charge in [0, 0.05) is 51.4 Å². The standard InChI is InChI=1S/C28H37N3O3/c1-21(32)17-24(18-23-9-5-10-25(19-23)30-15-12-29-13-16-30)27(33)26-11-6-14-31(28(26)34)20-22-7-3-2-4-8-22/h2-5,7-10,19,24,26-27,29,33H,6,11-18,20H2,1H3/t24-,26-,27-/m0/s1. The zero-order valence-corrected chi connectivity index (χ0v) is 20.2. The second-order valence-electron chi connectivity index (χ2n) is 9.76. The lowest BCUT2D eigenvalue weighted by Crippen LogP contribution is -2.47. The number of piperidine rings is 1. The molecule has 0 aromatic heterocycles. The van der Waals surface area contributed by atoms with E-state index in [9.17, 15) is 14.7 Å². The molecule has 2 fully saturated rings. The maximum Gasteiger partial charge on any atom is 0.228 e. The van der Waals surface area contributed by atoms with E-state index in [1.165, 1.54) is 5.69 Å². The molecule has 2 aromatic carbocycles. The second-order valence-corrected chi connectivity index (χ2v) is 9.76. The van der Waals surface area contributed by atoms with Crippen molar-refractivity contribution in [3.05, 3.63) is 65.7 Å². The number of rotatable bonds is 9. The molecule has 6 nitrogen and oxygen atoms in total. The molecule has 2 N–H and O–H groups in total. The summed E-state index contributed by atoms with van der Waals surface area (Å²) in [4.78, 5) is 29.7. The van der Waals surface area contributed by atoms with Gasteiger partial charge < -0.3 is 25.0 Å². The first-order chi connectivity index (χ1) is 16.5. The number of nitrogens with zero attached hydrogens (tertiary/aromatic N) is 2. The van der Waals surface area contributed by atoms with Crippen LogP contribution < -0.4 is 10.2 Å². The quantitative estimate of drug-likeness (QED) is 0.598. The van der Waals surface area contributed by atoms with Crippen LogP contribution in [0, 0.1) is 11.8 Å². The molecule has 34 heavy (non-hydrogen) atoms. The summed E-state index contributed by atoms with van der Waals surface area (Å²) < 4.78 is 0. The molecular weight excluding hydrogens is 426 g/mol. The fraction of sp³-hybridized carbons (Fsp3) is 0.500. The van der Waals surface area contributed by atoms with E-state index in [0.29, 0.717) is 25.9 Å². The van der Waals surface area contributed by atoms with Crippen LogP contribution in [0.2, 0.25) is 0 Å². The highest BCUT2D eigenvalue weighted by Gasteiger charge is 2.38. The van der Waals surface area contributed by atoms with Crippen molar-refractivity contribution in [1.82, 2.24) is 10.2 Å². The predicted octanol–water partition coefficient (Wildman–Crippen LogP) is 3.03. The Labute approximate surface area is 203 Å². The topological polar surface area (TPSA) is 72.9 Å². The zero-order chi connectivity index (χ0) is 23.9. The first kappa shape index (κ1) is 24.4. The van der Waals surface area contributed by atoms with E-state index in [4.69, 9.17) is 0 Å². The molecule has 0 aliphatic carbocycles. The molecule has 182 valence electrons. The molecule has 2 heterocycles. The number of amides is 1. The average molecular weight is 464 g/mol. The third-order valence-corrected chi connectivity index (χ3v) is 7.12. The Morgan fingerprint density at radius 3 is 2.53 bits per heavy atom. The molecule has 2 aliphatic rings. The van der Waals surface area contributed by atoms with Crippen LogP contribution in [-0.4, -0.2) is 60.5 Å². The normalized spacial score (nSPS) is 20.8. The summed E-state index contributed by atoms with van der Waals surface area (Å²) in [6.45, 7) is 6.72. The number of anilines is 1. The maximum atomic E-state index is 13.3. The number of carbonyl (C=O) groups is 2. The van der Waals surface area contributed by atoms with Crippen molar-refractivity contribution in [2.24, 2.45) is 11.8 Å². The van der Waals surface area contributed by atoms with Crippen molar-refractivity contribution >= 4 is 17.4 Å². The molecule has 6 heteroatoms. The molecule has 3 atom stereocenters. The summed E-state index contributed by atoms with van der Waals surface area (Å²) in [5.41, 5.74) is 3.37. The molecule has 1 amide bonds. The summed E-state index contributed by atoms with van der Waals surface area (Å²) in [5.74, 6) is -0.683. The number of benzene rings is 2. The molecule has 0 saturated carbocycles. The van der Waals surface area contributed by atoms with E-state index in [1.807, 2.05) is 35.2 Å². The number of piperazine rings is 1. The monoisotopic (exact) mass is 463 g/mol. The Morgan fingerprint density at radius 2 is 1.79 bits per heavy atom. The lowest BCUT2D eigenvalue weighted by Gasteiger charge is -2.37. The molecule has 0 bridgehead atoms. The Hall–Kier alpha value is -2.70. The van der Waals surface area contributed by atoms with E-state index in [-0.39, 0.29) is 24.0 Å². The van der Waals surface area contributed by atoms with Crippen LogP contribution in [0.3, 0.4) is 0 Å². The average Bonchev–Trinajstić information content (AvgIpc) is 2.86. The molecule has 0 unspecified atom stereocenters. The first-order valence-electron chi connectivity index (χ1n) is 12.6. The van der Waals surface area contributed by atoms with Crippen LogP contribution >= 0.6 is 0 Å². The van der Waals surface area contributed by atoms with Gasteiger partial charge in [0.1, 0.15) is 5.78 Å². The number of aliphatic hydroxyl groups is 1. The number of hydrogen-bond donors (Lipinski definition) is 2. The highest BCUT2D eigenvalue weighted by Crippen LogP contribution is 2.30. The highest BCUT2D eigenvalue weighted by atomic mass is 16.3. The number of likely N-dealkylation sites (tertiary alicyclic amines) is 1. The summed E-state index contributed by atoms with van der Waals surface area (Å²) in [5, 5.41) is 14.8. The summed E-state index contributed by atoms with van der Waals surface area (Å²) in [6.07, 6.45) is 1.56. The number of aliphatic hydroxyl groups excluding tert-OH is 1. The Morgan fingerprint density at radius 1 is 1.06 bits per heavy atom. The first-order valence-corrected chi connectivity index (χ1v) is 12.6. The van der Waals surface area contributed by atoms with Gasteiger partial charge in [-0.2, -0.15) is 0 Å². The Balaban J connectivity index is 1.47. The molecule has 4 rings (SSSR count). The van der Waals surface area contributed by atoms with Crippen LogP contribution in [0.25, 0.3) is 0 Å². The summed E-state index contributed by atoms with van der Waals surface area (Å²) in [6, 6.07) is 18.4. The molecule has 0 radical (unpaired) electrons. The summed E-state index contributed by atoms with van der Waals surface area (Å²) in [7, 11) is 0. The van der Waals surface area contributed by atoms with Gasteiger partial charge in [0.05, 0.1) is 12.0 Å². The van der Waals surface area contributed by atoms with E-state index in [2.05, 4.69) is 34.5 Å². The van der Waals surface area contributed by atoms with Crippen molar-refractivity contribution in [2.45, 2.75) is 45.3 Å².